The van der Waals surface area contributed by atoms with Gasteiger partial charge in [-0.2, -0.15) is 0 Å². The van der Waals surface area contributed by atoms with E-state index in [0.717, 1.165) is 12.8 Å². The molecular formula is C7H12F2N2O. The zero-order chi connectivity index (χ0) is 8.97. The van der Waals surface area contributed by atoms with Gasteiger partial charge in [0.1, 0.15) is 0 Å². The molecule has 1 fully saturated rings. The Balaban J connectivity index is 1.94. The molecule has 12 heavy (non-hydrogen) atoms. The molecule has 70 valence electrons. The van der Waals surface area contributed by atoms with E-state index in [1.54, 1.807) is 0 Å². The average Bonchev–Trinajstić information content (AvgIpc) is 2.70. The van der Waals surface area contributed by atoms with E-state index >= 15 is 0 Å². The summed E-state index contributed by atoms with van der Waals surface area (Å²) >= 11 is 0. The number of hydrogen-bond donors (Lipinski definition) is 2. The average molecular weight is 178 g/mol. The van der Waals surface area contributed by atoms with E-state index < -0.39 is 13.0 Å². The van der Waals surface area contributed by atoms with E-state index in [1.807, 2.05) is 0 Å². The fraction of sp³-hybridized carbons (Fsp3) is 0.857. The lowest BCUT2D eigenvalue weighted by molar-refractivity contribution is -0.120. The van der Waals surface area contributed by atoms with Gasteiger partial charge in [-0.05, 0) is 12.8 Å². The standard InChI is InChI=1S/C7H12F2N2O/c8-6(9)3-10-4-7(12)11-5-1-2-5/h5-6,10H,1-4H2,(H,11,12). The maximum atomic E-state index is 11.6. The second-order valence-electron chi connectivity index (χ2n) is 2.86. The van der Waals surface area contributed by atoms with Crippen LogP contribution < -0.4 is 10.6 Å². The third-order valence-corrected chi connectivity index (χ3v) is 1.53. The molecule has 3 nitrogen and oxygen atoms in total. The van der Waals surface area contributed by atoms with Crippen molar-refractivity contribution in [3.05, 3.63) is 0 Å². The normalized spacial score (nSPS) is 16.6. The van der Waals surface area contributed by atoms with Crippen molar-refractivity contribution < 1.29 is 13.6 Å². The van der Waals surface area contributed by atoms with Crippen molar-refractivity contribution in [2.24, 2.45) is 0 Å². The van der Waals surface area contributed by atoms with Crippen molar-refractivity contribution in [1.29, 1.82) is 0 Å². The Morgan fingerprint density at radius 2 is 2.17 bits per heavy atom. The zero-order valence-electron chi connectivity index (χ0n) is 6.65. The highest BCUT2D eigenvalue weighted by Crippen LogP contribution is 2.18. The van der Waals surface area contributed by atoms with Gasteiger partial charge < -0.3 is 10.6 Å². The maximum absolute atomic E-state index is 11.6. The summed E-state index contributed by atoms with van der Waals surface area (Å²) in [6, 6.07) is 0.297. The van der Waals surface area contributed by atoms with E-state index in [9.17, 15) is 13.6 Å². The van der Waals surface area contributed by atoms with Gasteiger partial charge in [0.25, 0.3) is 6.43 Å². The molecule has 0 aliphatic heterocycles. The van der Waals surface area contributed by atoms with Crippen LogP contribution in [0.2, 0.25) is 0 Å². The van der Waals surface area contributed by atoms with Gasteiger partial charge in [0.15, 0.2) is 0 Å². The minimum Gasteiger partial charge on any atom is -0.352 e. The van der Waals surface area contributed by atoms with Gasteiger partial charge in [0.2, 0.25) is 5.91 Å². The van der Waals surface area contributed by atoms with Crippen LogP contribution in [0.5, 0.6) is 0 Å². The van der Waals surface area contributed by atoms with Gasteiger partial charge in [-0.3, -0.25) is 4.79 Å². The summed E-state index contributed by atoms with van der Waals surface area (Å²) in [4.78, 5) is 10.9. The van der Waals surface area contributed by atoms with Crippen LogP contribution in [0.3, 0.4) is 0 Å². The van der Waals surface area contributed by atoms with Gasteiger partial charge in [-0.25, -0.2) is 8.78 Å². The number of nitrogens with one attached hydrogen (secondary N) is 2. The van der Waals surface area contributed by atoms with Crippen LogP contribution in [-0.4, -0.2) is 31.5 Å². The van der Waals surface area contributed by atoms with Crippen molar-refractivity contribution in [2.45, 2.75) is 25.3 Å². The highest BCUT2D eigenvalue weighted by Gasteiger charge is 2.22. The number of rotatable bonds is 5. The van der Waals surface area contributed by atoms with Gasteiger partial charge in [-0.1, -0.05) is 0 Å². The maximum Gasteiger partial charge on any atom is 0.250 e. The smallest absolute Gasteiger partial charge is 0.250 e. The molecule has 1 amide bonds. The van der Waals surface area contributed by atoms with Crippen molar-refractivity contribution in [1.82, 2.24) is 10.6 Å². The Hall–Kier alpha value is -0.710. The largest absolute Gasteiger partial charge is 0.352 e. The summed E-state index contributed by atoms with van der Waals surface area (Å²) in [5, 5.41) is 5.04. The lowest BCUT2D eigenvalue weighted by Gasteiger charge is -2.04. The van der Waals surface area contributed by atoms with Gasteiger partial charge in [-0.15, -0.1) is 0 Å². The second kappa shape index (κ2) is 4.35. The molecule has 0 aromatic carbocycles. The van der Waals surface area contributed by atoms with Crippen molar-refractivity contribution in [2.75, 3.05) is 13.1 Å². The number of carbonyl (C=O) groups excluding carboxylic acids is 1. The van der Waals surface area contributed by atoms with E-state index in [4.69, 9.17) is 0 Å². The van der Waals surface area contributed by atoms with E-state index in [1.165, 1.54) is 0 Å². The number of alkyl halides is 2. The first-order chi connectivity index (χ1) is 5.68. The highest BCUT2D eigenvalue weighted by molar-refractivity contribution is 5.78. The van der Waals surface area contributed by atoms with Crippen LogP contribution in [0.25, 0.3) is 0 Å². The molecule has 0 heterocycles. The molecule has 1 rings (SSSR count). The van der Waals surface area contributed by atoms with Gasteiger partial charge in [0, 0.05) is 6.04 Å². The van der Waals surface area contributed by atoms with Crippen molar-refractivity contribution in [3.8, 4) is 0 Å². The third kappa shape index (κ3) is 4.23. The van der Waals surface area contributed by atoms with Crippen molar-refractivity contribution in [3.63, 3.8) is 0 Å². The lowest BCUT2D eigenvalue weighted by Crippen LogP contribution is -2.36. The predicted octanol–water partition coefficient (Wildman–Crippen LogP) is 0.120. The first-order valence-electron chi connectivity index (χ1n) is 3.96. The first kappa shape index (κ1) is 9.38. The molecule has 0 bridgehead atoms. The molecule has 5 heteroatoms. The third-order valence-electron chi connectivity index (χ3n) is 1.53. The Bertz CT molecular complexity index is 159. The molecule has 0 aromatic heterocycles. The molecule has 0 spiro atoms. The van der Waals surface area contributed by atoms with Crippen LogP contribution in [0.4, 0.5) is 8.78 Å². The molecule has 1 aliphatic rings. The van der Waals surface area contributed by atoms with Crippen LogP contribution in [0.15, 0.2) is 0 Å². The highest BCUT2D eigenvalue weighted by atomic mass is 19.3. The van der Waals surface area contributed by atoms with E-state index in [2.05, 4.69) is 10.6 Å². The van der Waals surface area contributed by atoms with Crippen LogP contribution in [0.1, 0.15) is 12.8 Å². The summed E-state index contributed by atoms with van der Waals surface area (Å²) in [7, 11) is 0. The molecule has 1 aliphatic carbocycles. The van der Waals surface area contributed by atoms with E-state index in [-0.39, 0.29) is 12.5 Å². The molecule has 0 unspecified atom stereocenters. The summed E-state index contributed by atoms with van der Waals surface area (Å²) in [5.41, 5.74) is 0. The van der Waals surface area contributed by atoms with Gasteiger partial charge >= 0.3 is 0 Å². The zero-order valence-corrected chi connectivity index (χ0v) is 6.65. The predicted molar refractivity (Wildman–Crippen MR) is 40.0 cm³/mol. The minimum atomic E-state index is -2.39. The quantitative estimate of drug-likeness (QED) is 0.627. The fourth-order valence-corrected chi connectivity index (χ4v) is 0.801. The summed E-state index contributed by atoms with van der Waals surface area (Å²) in [5.74, 6) is -0.196. The van der Waals surface area contributed by atoms with Crippen LogP contribution >= 0.6 is 0 Å². The Kier molecular flexibility index (Phi) is 3.40. The second-order valence-corrected chi connectivity index (χ2v) is 2.86. The lowest BCUT2D eigenvalue weighted by atomic mass is 10.5. The SMILES string of the molecule is O=C(CNCC(F)F)NC1CC1. The number of hydrogen-bond acceptors (Lipinski definition) is 2. The Labute approximate surface area is 69.5 Å². The van der Waals surface area contributed by atoms with Crippen LogP contribution in [-0.2, 0) is 4.79 Å². The summed E-state index contributed by atoms with van der Waals surface area (Å²) in [6.45, 7) is -0.432. The summed E-state index contributed by atoms with van der Waals surface area (Å²) < 4.78 is 23.1. The first-order valence-corrected chi connectivity index (χ1v) is 3.96. The van der Waals surface area contributed by atoms with E-state index in [0.29, 0.717) is 6.04 Å². The van der Waals surface area contributed by atoms with Crippen molar-refractivity contribution >= 4 is 5.91 Å². The molecule has 2 N–H and O–H groups in total. The molecule has 0 atom stereocenters. The molecule has 0 radical (unpaired) electrons. The minimum absolute atomic E-state index is 0.0131. The number of carbonyl (C=O) groups is 1. The topological polar surface area (TPSA) is 41.1 Å². The van der Waals surface area contributed by atoms with Gasteiger partial charge in [0.05, 0.1) is 13.1 Å². The fourth-order valence-electron chi connectivity index (χ4n) is 0.801. The molecule has 0 saturated heterocycles. The monoisotopic (exact) mass is 178 g/mol. The van der Waals surface area contributed by atoms with Crippen LogP contribution in [0, 0.1) is 0 Å². The Morgan fingerprint density at radius 1 is 1.50 bits per heavy atom. The summed E-state index contributed by atoms with van der Waals surface area (Å²) in [6.07, 6.45) is -0.361. The number of amides is 1. The molecule has 0 aromatic rings. The Morgan fingerprint density at radius 3 is 2.67 bits per heavy atom. The molecular weight excluding hydrogens is 166 g/mol. The number of halogens is 2. The molecule has 1 saturated carbocycles.